The lowest BCUT2D eigenvalue weighted by molar-refractivity contribution is 0.0742. The van der Waals surface area contributed by atoms with Crippen LogP contribution in [-0.2, 0) is 0 Å². The summed E-state index contributed by atoms with van der Waals surface area (Å²) in [6.45, 7) is 5.27. The molecule has 2 heterocycles. The number of amides is 1. The maximum atomic E-state index is 13.1. The van der Waals surface area contributed by atoms with E-state index in [0.717, 1.165) is 21.5 Å². The van der Waals surface area contributed by atoms with Crippen LogP contribution in [0.3, 0.4) is 0 Å². The third-order valence-electron chi connectivity index (χ3n) is 4.28. The number of pyridine rings is 1. The third kappa shape index (κ3) is 3.72. The van der Waals surface area contributed by atoms with Crippen LogP contribution in [0, 0.1) is 5.41 Å². The van der Waals surface area contributed by atoms with E-state index in [1.165, 1.54) is 0 Å². The number of hydrogen-bond donors (Lipinski definition) is 1. The van der Waals surface area contributed by atoms with Gasteiger partial charge in [-0.05, 0) is 35.5 Å². The second-order valence-electron chi connectivity index (χ2n) is 7.08. The van der Waals surface area contributed by atoms with Crippen molar-refractivity contribution < 1.29 is 4.79 Å². The Hall–Kier alpha value is -2.24. The van der Waals surface area contributed by atoms with Crippen LogP contribution in [0.1, 0.15) is 24.2 Å². The Morgan fingerprint density at radius 1 is 1.24 bits per heavy atom. The Balaban J connectivity index is 2.06. The Kier molecular flexibility index (Phi) is 4.88. The van der Waals surface area contributed by atoms with Gasteiger partial charge in [0.05, 0.1) is 21.7 Å². The number of rotatable bonds is 5. The smallest absolute Gasteiger partial charge is 0.254 e. The van der Waals surface area contributed by atoms with Crippen LogP contribution in [0.2, 0.25) is 0 Å². The van der Waals surface area contributed by atoms with Gasteiger partial charge in [-0.15, -0.1) is 11.3 Å². The number of carbonyl (C=O) groups excluding carboxylic acids is 1. The molecule has 130 valence electrons. The summed E-state index contributed by atoms with van der Waals surface area (Å²) in [6.07, 6.45) is 0. The van der Waals surface area contributed by atoms with Crippen LogP contribution in [0.4, 0.5) is 0 Å². The SMILES string of the molecule is CN(CC(C)(C)CN)C(=O)c1cc(-c2cccs2)nc2ccccc12. The van der Waals surface area contributed by atoms with Gasteiger partial charge >= 0.3 is 0 Å². The van der Waals surface area contributed by atoms with Crippen LogP contribution in [0.15, 0.2) is 47.8 Å². The average Bonchev–Trinajstić information content (AvgIpc) is 3.14. The van der Waals surface area contributed by atoms with Crippen LogP contribution < -0.4 is 5.73 Å². The lowest BCUT2D eigenvalue weighted by atomic mass is 9.93. The molecule has 0 atom stereocenters. The standard InChI is InChI=1S/C20H23N3OS/c1-20(2,12-21)13-23(3)19(24)15-11-17(18-9-6-10-25-18)22-16-8-5-4-7-14(15)16/h4-11H,12-13,21H2,1-3H3. The predicted octanol–water partition coefficient (Wildman–Crippen LogP) is 4.02. The van der Waals surface area contributed by atoms with E-state index in [1.54, 1.807) is 16.2 Å². The van der Waals surface area contributed by atoms with E-state index in [9.17, 15) is 4.79 Å². The highest BCUT2D eigenvalue weighted by molar-refractivity contribution is 7.13. The maximum Gasteiger partial charge on any atom is 0.254 e. The molecular formula is C20H23N3OS. The largest absolute Gasteiger partial charge is 0.341 e. The van der Waals surface area contributed by atoms with E-state index in [2.05, 4.69) is 13.8 Å². The summed E-state index contributed by atoms with van der Waals surface area (Å²) in [5, 5.41) is 2.90. The second kappa shape index (κ2) is 6.94. The highest BCUT2D eigenvalue weighted by Crippen LogP contribution is 2.28. The van der Waals surface area contributed by atoms with Crippen molar-refractivity contribution in [1.82, 2.24) is 9.88 Å². The number of fused-ring (bicyclic) bond motifs is 1. The van der Waals surface area contributed by atoms with E-state index in [1.807, 2.05) is 54.9 Å². The van der Waals surface area contributed by atoms with Crippen LogP contribution in [-0.4, -0.2) is 35.9 Å². The molecule has 5 heteroatoms. The minimum absolute atomic E-state index is 0.00192. The van der Waals surface area contributed by atoms with Crippen molar-refractivity contribution in [3.8, 4) is 10.6 Å². The Labute approximate surface area is 152 Å². The molecule has 0 bridgehead atoms. The van der Waals surface area contributed by atoms with Crippen molar-refractivity contribution >= 4 is 28.1 Å². The van der Waals surface area contributed by atoms with E-state index >= 15 is 0 Å². The van der Waals surface area contributed by atoms with Crippen molar-refractivity contribution in [2.45, 2.75) is 13.8 Å². The average molecular weight is 353 g/mol. The lowest BCUT2D eigenvalue weighted by Gasteiger charge is -2.29. The van der Waals surface area contributed by atoms with Gasteiger partial charge in [-0.3, -0.25) is 4.79 Å². The second-order valence-corrected chi connectivity index (χ2v) is 8.03. The van der Waals surface area contributed by atoms with Gasteiger partial charge in [-0.2, -0.15) is 0 Å². The summed E-state index contributed by atoms with van der Waals surface area (Å²) in [4.78, 5) is 20.7. The molecule has 4 nitrogen and oxygen atoms in total. The van der Waals surface area contributed by atoms with E-state index in [4.69, 9.17) is 10.7 Å². The van der Waals surface area contributed by atoms with E-state index in [0.29, 0.717) is 18.7 Å². The first-order valence-electron chi connectivity index (χ1n) is 8.30. The summed E-state index contributed by atoms with van der Waals surface area (Å²) in [7, 11) is 1.83. The fraction of sp³-hybridized carbons (Fsp3) is 0.300. The molecule has 3 aromatic rings. The number of hydrogen-bond acceptors (Lipinski definition) is 4. The van der Waals surface area contributed by atoms with Gasteiger partial charge in [-0.1, -0.05) is 38.1 Å². The number of thiophene rings is 1. The van der Waals surface area contributed by atoms with Crippen LogP contribution >= 0.6 is 11.3 Å². The first-order valence-corrected chi connectivity index (χ1v) is 9.18. The van der Waals surface area contributed by atoms with E-state index < -0.39 is 0 Å². The normalized spacial score (nSPS) is 11.7. The molecule has 0 aliphatic carbocycles. The van der Waals surface area contributed by atoms with Crippen molar-refractivity contribution in [2.24, 2.45) is 11.1 Å². The topological polar surface area (TPSA) is 59.2 Å². The molecule has 0 spiro atoms. The zero-order valence-corrected chi connectivity index (χ0v) is 15.6. The van der Waals surface area contributed by atoms with Crippen molar-refractivity contribution in [3.63, 3.8) is 0 Å². The van der Waals surface area contributed by atoms with Gasteiger partial charge in [0, 0.05) is 19.0 Å². The molecular weight excluding hydrogens is 330 g/mol. The number of nitrogens with zero attached hydrogens (tertiary/aromatic N) is 2. The third-order valence-corrected chi connectivity index (χ3v) is 5.18. The minimum Gasteiger partial charge on any atom is -0.341 e. The van der Waals surface area contributed by atoms with Gasteiger partial charge in [0.1, 0.15) is 0 Å². The molecule has 25 heavy (non-hydrogen) atoms. The highest BCUT2D eigenvalue weighted by atomic mass is 32.1. The molecule has 0 aliphatic heterocycles. The summed E-state index contributed by atoms with van der Waals surface area (Å²) in [5.41, 5.74) is 8.06. The number of para-hydroxylation sites is 1. The quantitative estimate of drug-likeness (QED) is 0.754. The number of benzene rings is 1. The number of carbonyl (C=O) groups is 1. The number of nitrogens with two attached hydrogens (primary N) is 1. The molecule has 1 aromatic carbocycles. The Morgan fingerprint density at radius 2 is 2.00 bits per heavy atom. The van der Waals surface area contributed by atoms with Gasteiger partial charge < -0.3 is 10.6 Å². The zero-order valence-electron chi connectivity index (χ0n) is 14.8. The maximum absolute atomic E-state index is 13.1. The molecule has 0 fully saturated rings. The lowest BCUT2D eigenvalue weighted by Crippen LogP contribution is -2.39. The van der Waals surface area contributed by atoms with Gasteiger partial charge in [-0.25, -0.2) is 4.98 Å². The molecule has 1 amide bonds. The molecule has 0 radical (unpaired) electrons. The Bertz CT molecular complexity index is 887. The predicted molar refractivity (Wildman–Crippen MR) is 105 cm³/mol. The van der Waals surface area contributed by atoms with Crippen LogP contribution in [0.25, 0.3) is 21.5 Å². The first-order chi connectivity index (χ1) is 11.9. The summed E-state index contributed by atoms with van der Waals surface area (Å²) < 4.78 is 0. The zero-order chi connectivity index (χ0) is 18.0. The number of aromatic nitrogens is 1. The Morgan fingerprint density at radius 3 is 2.68 bits per heavy atom. The molecule has 0 aliphatic rings. The molecule has 0 saturated heterocycles. The minimum atomic E-state index is -0.121. The first kappa shape index (κ1) is 17.6. The van der Waals surface area contributed by atoms with Crippen molar-refractivity contribution in [2.75, 3.05) is 20.1 Å². The van der Waals surface area contributed by atoms with Crippen LogP contribution in [0.5, 0.6) is 0 Å². The molecule has 3 rings (SSSR count). The summed E-state index contributed by atoms with van der Waals surface area (Å²) in [6, 6.07) is 13.7. The van der Waals surface area contributed by atoms with Crippen molar-refractivity contribution in [3.05, 3.63) is 53.4 Å². The fourth-order valence-corrected chi connectivity index (χ4v) is 3.57. The van der Waals surface area contributed by atoms with Crippen molar-refractivity contribution in [1.29, 1.82) is 0 Å². The van der Waals surface area contributed by atoms with Gasteiger partial charge in [0.25, 0.3) is 5.91 Å². The molecule has 2 aromatic heterocycles. The molecule has 0 unspecified atom stereocenters. The summed E-state index contributed by atoms with van der Waals surface area (Å²) >= 11 is 1.62. The fourth-order valence-electron chi connectivity index (χ4n) is 2.89. The summed E-state index contributed by atoms with van der Waals surface area (Å²) in [5.74, 6) is -0.00192. The molecule has 2 N–H and O–H groups in total. The highest BCUT2D eigenvalue weighted by Gasteiger charge is 2.23. The molecule has 0 saturated carbocycles. The monoisotopic (exact) mass is 353 g/mol. The van der Waals surface area contributed by atoms with E-state index in [-0.39, 0.29) is 11.3 Å². The van der Waals surface area contributed by atoms with Gasteiger partial charge in [0.15, 0.2) is 0 Å². The van der Waals surface area contributed by atoms with Gasteiger partial charge in [0.2, 0.25) is 0 Å².